The van der Waals surface area contributed by atoms with Gasteiger partial charge in [-0.25, -0.2) is 9.78 Å². The quantitative estimate of drug-likeness (QED) is 0.178. The van der Waals surface area contributed by atoms with Gasteiger partial charge < -0.3 is 19.1 Å². The van der Waals surface area contributed by atoms with Crippen molar-refractivity contribution >= 4 is 41.0 Å². The standard InChI is InChI=1S/C35H33ClN2O4.ClH/c1-41-21-23-7-9-24(10-8-23)31-17-14-28(36)19-27(31)22-42-30-15-11-25(12-16-30)34-37-32-20-26(35(39)40)13-18-33(32)38(34)29-5-3-2-4-6-29;/h7-20,29H,2-6,21-22H2,1H3,(H,39,40);1H. The third-order valence-electron chi connectivity index (χ3n) is 8.03. The number of benzene rings is 4. The number of carboxylic acid groups (broad SMARTS) is 1. The Balaban J connectivity index is 0.00000368. The summed E-state index contributed by atoms with van der Waals surface area (Å²) < 4.78 is 13.8. The maximum Gasteiger partial charge on any atom is 0.335 e. The molecule has 1 fully saturated rings. The van der Waals surface area contributed by atoms with Crippen LogP contribution in [0.3, 0.4) is 0 Å². The number of nitrogens with zero attached hydrogens (tertiary/aromatic N) is 2. The number of halogens is 2. The zero-order chi connectivity index (χ0) is 29.1. The van der Waals surface area contributed by atoms with Crippen molar-refractivity contribution in [2.24, 2.45) is 0 Å². The van der Waals surface area contributed by atoms with Crippen molar-refractivity contribution in [3.05, 3.63) is 107 Å². The minimum absolute atomic E-state index is 0. The third-order valence-corrected chi connectivity index (χ3v) is 8.26. The molecule has 0 radical (unpaired) electrons. The van der Waals surface area contributed by atoms with Crippen LogP contribution in [0, 0.1) is 0 Å². The van der Waals surface area contributed by atoms with Crippen LogP contribution >= 0.6 is 24.0 Å². The van der Waals surface area contributed by atoms with Crippen LogP contribution in [0.4, 0.5) is 0 Å². The highest BCUT2D eigenvalue weighted by atomic mass is 35.5. The normalized spacial score (nSPS) is 13.5. The van der Waals surface area contributed by atoms with Crippen LogP contribution in [0.1, 0.15) is 59.6 Å². The van der Waals surface area contributed by atoms with E-state index < -0.39 is 5.97 Å². The van der Waals surface area contributed by atoms with Gasteiger partial charge in [-0.15, -0.1) is 12.4 Å². The Labute approximate surface area is 262 Å². The predicted octanol–water partition coefficient (Wildman–Crippen LogP) is 9.37. The van der Waals surface area contributed by atoms with Crippen molar-refractivity contribution in [2.45, 2.75) is 51.4 Å². The maximum atomic E-state index is 11.6. The maximum absolute atomic E-state index is 11.6. The molecule has 0 unspecified atom stereocenters. The fourth-order valence-electron chi connectivity index (χ4n) is 5.92. The van der Waals surface area contributed by atoms with E-state index in [2.05, 4.69) is 28.8 Å². The number of carbonyl (C=O) groups is 1. The highest BCUT2D eigenvalue weighted by molar-refractivity contribution is 6.30. The highest BCUT2D eigenvalue weighted by Gasteiger charge is 2.23. The summed E-state index contributed by atoms with van der Waals surface area (Å²) in [4.78, 5) is 16.5. The molecule has 1 heterocycles. The van der Waals surface area contributed by atoms with Gasteiger partial charge >= 0.3 is 5.97 Å². The first-order valence-corrected chi connectivity index (χ1v) is 14.7. The number of hydrogen-bond donors (Lipinski definition) is 1. The summed E-state index contributed by atoms with van der Waals surface area (Å²) in [5.41, 5.74) is 7.19. The molecule has 4 aromatic carbocycles. The summed E-state index contributed by atoms with van der Waals surface area (Å²) in [6.45, 7) is 0.945. The number of ether oxygens (including phenoxy) is 2. The molecule has 1 aliphatic carbocycles. The minimum atomic E-state index is -0.946. The van der Waals surface area contributed by atoms with Crippen LogP contribution in [0.5, 0.6) is 5.75 Å². The van der Waals surface area contributed by atoms with Gasteiger partial charge in [0.2, 0.25) is 0 Å². The van der Waals surface area contributed by atoms with Crippen molar-refractivity contribution in [1.82, 2.24) is 9.55 Å². The minimum Gasteiger partial charge on any atom is -0.489 e. The summed E-state index contributed by atoms with van der Waals surface area (Å²) in [5.74, 6) is 0.659. The molecule has 222 valence electrons. The summed E-state index contributed by atoms with van der Waals surface area (Å²) in [6.07, 6.45) is 5.81. The fourth-order valence-corrected chi connectivity index (χ4v) is 6.11. The summed E-state index contributed by atoms with van der Waals surface area (Å²) >= 11 is 6.37. The van der Waals surface area contributed by atoms with E-state index in [-0.39, 0.29) is 18.0 Å². The zero-order valence-electron chi connectivity index (χ0n) is 24.0. The van der Waals surface area contributed by atoms with Crippen molar-refractivity contribution in [3.63, 3.8) is 0 Å². The van der Waals surface area contributed by atoms with Gasteiger partial charge in [0, 0.05) is 23.7 Å². The van der Waals surface area contributed by atoms with E-state index in [0.717, 1.165) is 57.7 Å². The molecule has 0 saturated heterocycles. The SMILES string of the molecule is COCc1ccc(-c2ccc(Cl)cc2COc2ccc(-c3nc4cc(C(=O)O)ccc4n3C3CCCCC3)cc2)cc1.Cl. The number of hydrogen-bond acceptors (Lipinski definition) is 4. The summed E-state index contributed by atoms with van der Waals surface area (Å²) in [5, 5.41) is 10.2. The topological polar surface area (TPSA) is 73.6 Å². The van der Waals surface area contributed by atoms with Gasteiger partial charge in [-0.3, -0.25) is 0 Å². The zero-order valence-corrected chi connectivity index (χ0v) is 25.5. The molecule has 1 N–H and O–H groups in total. The molecule has 8 heteroatoms. The van der Waals surface area contributed by atoms with Gasteiger partial charge in [-0.05, 0) is 89.7 Å². The molecule has 0 aliphatic heterocycles. The Morgan fingerprint density at radius 3 is 2.33 bits per heavy atom. The van der Waals surface area contributed by atoms with Crippen molar-refractivity contribution < 1.29 is 19.4 Å². The molecule has 0 bridgehead atoms. The Kier molecular flexibility index (Phi) is 9.71. The fraction of sp³-hybridized carbons (Fsp3) is 0.257. The second-order valence-electron chi connectivity index (χ2n) is 10.9. The third kappa shape index (κ3) is 6.72. The Bertz CT molecular complexity index is 1710. The van der Waals surface area contributed by atoms with Crippen LogP contribution in [-0.2, 0) is 18.0 Å². The summed E-state index contributed by atoms with van der Waals surface area (Å²) in [6, 6.07) is 27.8. The molecule has 1 aliphatic rings. The highest BCUT2D eigenvalue weighted by Crippen LogP contribution is 2.37. The van der Waals surface area contributed by atoms with E-state index in [1.54, 1.807) is 19.2 Å². The molecule has 1 aromatic heterocycles. The number of fused-ring (bicyclic) bond motifs is 1. The van der Waals surface area contributed by atoms with Crippen LogP contribution in [-0.4, -0.2) is 27.7 Å². The van der Waals surface area contributed by atoms with Gasteiger partial charge in [-0.2, -0.15) is 0 Å². The molecule has 0 atom stereocenters. The number of rotatable bonds is 9. The van der Waals surface area contributed by atoms with Crippen molar-refractivity contribution in [3.8, 4) is 28.3 Å². The molecular weight excluding hydrogens is 583 g/mol. The predicted molar refractivity (Wildman–Crippen MR) is 173 cm³/mol. The van der Waals surface area contributed by atoms with Crippen LogP contribution in [0.25, 0.3) is 33.5 Å². The average Bonchev–Trinajstić information content (AvgIpc) is 3.40. The monoisotopic (exact) mass is 616 g/mol. The molecule has 0 amide bonds. The second kappa shape index (κ2) is 13.6. The molecule has 6 nitrogen and oxygen atoms in total. The lowest BCUT2D eigenvalue weighted by Gasteiger charge is -2.25. The smallest absolute Gasteiger partial charge is 0.335 e. The number of aromatic carboxylic acids is 1. The van der Waals surface area contributed by atoms with E-state index >= 15 is 0 Å². The van der Waals surface area contributed by atoms with Crippen LogP contribution in [0.15, 0.2) is 84.9 Å². The van der Waals surface area contributed by atoms with Gasteiger partial charge in [0.05, 0.1) is 23.2 Å². The lowest BCUT2D eigenvalue weighted by atomic mass is 9.95. The van der Waals surface area contributed by atoms with E-state index in [1.807, 2.05) is 48.5 Å². The van der Waals surface area contributed by atoms with E-state index in [9.17, 15) is 9.90 Å². The van der Waals surface area contributed by atoms with E-state index in [0.29, 0.717) is 29.8 Å². The number of carboxylic acids is 1. The van der Waals surface area contributed by atoms with E-state index in [4.69, 9.17) is 26.1 Å². The first-order chi connectivity index (χ1) is 20.5. The van der Waals surface area contributed by atoms with Crippen molar-refractivity contribution in [2.75, 3.05) is 7.11 Å². The van der Waals surface area contributed by atoms with Gasteiger partial charge in [-0.1, -0.05) is 61.2 Å². The first kappa shape index (κ1) is 30.6. The Morgan fingerprint density at radius 2 is 1.63 bits per heavy atom. The average molecular weight is 618 g/mol. The van der Waals surface area contributed by atoms with Gasteiger partial charge in [0.1, 0.15) is 18.2 Å². The van der Waals surface area contributed by atoms with E-state index in [1.165, 1.54) is 19.3 Å². The lowest BCUT2D eigenvalue weighted by molar-refractivity contribution is 0.0697. The molecule has 5 aromatic rings. The Hall–Kier alpha value is -3.84. The lowest BCUT2D eigenvalue weighted by Crippen LogP contribution is -2.14. The molecule has 6 rings (SSSR count). The molecule has 43 heavy (non-hydrogen) atoms. The molecule has 1 saturated carbocycles. The van der Waals surface area contributed by atoms with Crippen LogP contribution < -0.4 is 4.74 Å². The Morgan fingerprint density at radius 1 is 0.907 bits per heavy atom. The number of aromatic nitrogens is 2. The number of imidazole rings is 1. The number of methoxy groups -OCH3 is 1. The van der Waals surface area contributed by atoms with Gasteiger partial charge in [0.25, 0.3) is 0 Å². The first-order valence-electron chi connectivity index (χ1n) is 14.4. The summed E-state index contributed by atoms with van der Waals surface area (Å²) in [7, 11) is 1.69. The van der Waals surface area contributed by atoms with Crippen molar-refractivity contribution in [1.29, 1.82) is 0 Å². The molecule has 0 spiro atoms. The largest absolute Gasteiger partial charge is 0.489 e. The van der Waals surface area contributed by atoms with Gasteiger partial charge in [0.15, 0.2) is 0 Å². The van der Waals surface area contributed by atoms with Crippen LogP contribution in [0.2, 0.25) is 5.02 Å². The second-order valence-corrected chi connectivity index (χ2v) is 11.3. The molecular formula is C35H34Cl2N2O4.